The zero-order chi connectivity index (χ0) is 32.4. The monoisotopic (exact) mass is 600 g/mol. The summed E-state index contributed by atoms with van der Waals surface area (Å²) in [7, 11) is 0. The number of ether oxygens (including phenoxy) is 2. The summed E-state index contributed by atoms with van der Waals surface area (Å²) in [5.41, 5.74) is 4.35. The van der Waals surface area contributed by atoms with E-state index in [0.717, 1.165) is 53.1 Å². The minimum absolute atomic E-state index is 0.0223. The van der Waals surface area contributed by atoms with Gasteiger partial charge in [-0.15, -0.1) is 0 Å². The molecule has 4 heteroatoms. The molecule has 0 aliphatic carbocycles. The fourth-order valence-corrected chi connectivity index (χ4v) is 5.62. The fraction of sp³-hybridized carbons (Fsp3) is 0.317. The molecule has 0 aromatic heterocycles. The van der Waals surface area contributed by atoms with Crippen molar-refractivity contribution in [3.8, 4) is 11.5 Å². The Hall–Kier alpha value is -4.44. The van der Waals surface area contributed by atoms with Crippen molar-refractivity contribution in [2.75, 3.05) is 0 Å². The summed E-state index contributed by atoms with van der Waals surface area (Å²) in [6.07, 6.45) is 4.25. The maximum Gasteiger partial charge on any atom is 0.343 e. The van der Waals surface area contributed by atoms with Gasteiger partial charge >= 0.3 is 11.9 Å². The van der Waals surface area contributed by atoms with Gasteiger partial charge in [-0.3, -0.25) is 0 Å². The Morgan fingerprint density at radius 1 is 0.556 bits per heavy atom. The zero-order valence-electron chi connectivity index (χ0n) is 27.6. The number of carbonyl (C=O) groups excluding carboxylic acids is 2. The van der Waals surface area contributed by atoms with Crippen molar-refractivity contribution in [3.05, 3.63) is 119 Å². The first kappa shape index (κ1) is 32.0. The lowest BCUT2D eigenvalue weighted by Crippen LogP contribution is -2.14. The lowest BCUT2D eigenvalue weighted by atomic mass is 9.87. The normalized spacial score (nSPS) is 12.0. The number of unbranched alkanes of at least 4 members (excludes halogenated alkanes) is 2. The van der Waals surface area contributed by atoms with Crippen LogP contribution in [0.3, 0.4) is 0 Å². The summed E-state index contributed by atoms with van der Waals surface area (Å²) in [5.74, 6) is 0.0664. The van der Waals surface area contributed by atoms with E-state index in [4.69, 9.17) is 9.47 Å². The van der Waals surface area contributed by atoms with Gasteiger partial charge in [0.15, 0.2) is 0 Å². The average Bonchev–Trinajstić information content (AvgIpc) is 3.01. The van der Waals surface area contributed by atoms with E-state index >= 15 is 0 Å². The maximum absolute atomic E-state index is 13.6. The maximum atomic E-state index is 13.6. The summed E-state index contributed by atoms with van der Waals surface area (Å²) in [6.45, 7) is 15.1. The van der Waals surface area contributed by atoms with Crippen LogP contribution in [-0.4, -0.2) is 11.9 Å². The second-order valence-corrected chi connectivity index (χ2v) is 14.0. The van der Waals surface area contributed by atoms with Gasteiger partial charge in [0, 0.05) is 21.5 Å². The SMILES string of the molecule is CCCCCc1ccc2c(OC(=O)c3ccc(C(C)(C)C)cc3)c3ccccc3c(OC(=O)c3ccc(C(C)(C)C)cc3)c2c1. The fourth-order valence-electron chi connectivity index (χ4n) is 5.62. The first-order chi connectivity index (χ1) is 21.4. The largest absolute Gasteiger partial charge is 0.422 e. The van der Waals surface area contributed by atoms with Crippen LogP contribution in [-0.2, 0) is 17.3 Å². The van der Waals surface area contributed by atoms with E-state index in [-0.39, 0.29) is 10.8 Å². The van der Waals surface area contributed by atoms with Crippen LogP contribution in [0.15, 0.2) is 91.0 Å². The van der Waals surface area contributed by atoms with Gasteiger partial charge in [0.05, 0.1) is 11.1 Å². The Kier molecular flexibility index (Phi) is 9.16. The van der Waals surface area contributed by atoms with E-state index in [1.165, 1.54) is 0 Å². The molecule has 0 aliphatic heterocycles. The van der Waals surface area contributed by atoms with E-state index < -0.39 is 11.9 Å². The van der Waals surface area contributed by atoms with Gasteiger partial charge in [0.1, 0.15) is 11.5 Å². The predicted octanol–water partition coefficient (Wildman–Crippen LogP) is 10.8. The van der Waals surface area contributed by atoms with Crippen LogP contribution in [0.5, 0.6) is 11.5 Å². The van der Waals surface area contributed by atoms with Crippen LogP contribution in [0.4, 0.5) is 0 Å². The third-order valence-corrected chi connectivity index (χ3v) is 8.42. The third-order valence-electron chi connectivity index (χ3n) is 8.42. The van der Waals surface area contributed by atoms with E-state index in [9.17, 15) is 9.59 Å². The molecule has 0 bridgehead atoms. The number of hydrogen-bond acceptors (Lipinski definition) is 4. The summed E-state index contributed by atoms with van der Waals surface area (Å²) < 4.78 is 12.4. The van der Waals surface area contributed by atoms with E-state index in [2.05, 4.69) is 60.6 Å². The highest BCUT2D eigenvalue weighted by Gasteiger charge is 2.23. The molecule has 5 aromatic rings. The number of benzene rings is 5. The Balaban J connectivity index is 1.60. The second-order valence-electron chi connectivity index (χ2n) is 14.0. The van der Waals surface area contributed by atoms with Gasteiger partial charge in [-0.2, -0.15) is 0 Å². The Morgan fingerprint density at radius 3 is 1.44 bits per heavy atom. The number of fused-ring (bicyclic) bond motifs is 2. The number of rotatable bonds is 8. The molecule has 0 N–H and O–H groups in total. The first-order valence-electron chi connectivity index (χ1n) is 16.0. The van der Waals surface area contributed by atoms with Crippen LogP contribution < -0.4 is 9.47 Å². The minimum Gasteiger partial charge on any atom is -0.422 e. The van der Waals surface area contributed by atoms with E-state index in [1.54, 1.807) is 0 Å². The lowest BCUT2D eigenvalue weighted by molar-refractivity contribution is 0.0726. The summed E-state index contributed by atoms with van der Waals surface area (Å²) in [4.78, 5) is 27.1. The molecule has 0 saturated carbocycles. The highest BCUT2D eigenvalue weighted by atomic mass is 16.5. The van der Waals surface area contributed by atoms with Gasteiger partial charge in [-0.05, 0) is 70.7 Å². The molecule has 0 radical (unpaired) electrons. The third kappa shape index (κ3) is 7.12. The van der Waals surface area contributed by atoms with Gasteiger partial charge in [-0.1, -0.05) is 122 Å². The summed E-state index contributed by atoms with van der Waals surface area (Å²) in [5, 5.41) is 2.88. The van der Waals surface area contributed by atoms with E-state index in [1.807, 2.05) is 78.9 Å². The van der Waals surface area contributed by atoms with Crippen LogP contribution in [0.25, 0.3) is 21.5 Å². The molecular weight excluding hydrogens is 556 g/mol. The zero-order valence-corrected chi connectivity index (χ0v) is 27.6. The highest BCUT2D eigenvalue weighted by Crippen LogP contribution is 2.44. The molecule has 232 valence electrons. The Morgan fingerprint density at radius 2 is 1.00 bits per heavy atom. The topological polar surface area (TPSA) is 52.6 Å². The van der Waals surface area contributed by atoms with Crippen molar-refractivity contribution in [2.45, 2.75) is 85.0 Å². The van der Waals surface area contributed by atoms with Crippen molar-refractivity contribution in [1.82, 2.24) is 0 Å². The number of aryl methyl sites for hydroxylation is 1. The number of carbonyl (C=O) groups is 2. The predicted molar refractivity (Wildman–Crippen MR) is 185 cm³/mol. The molecule has 0 aliphatic rings. The molecule has 0 fully saturated rings. The molecule has 0 spiro atoms. The van der Waals surface area contributed by atoms with Crippen LogP contribution >= 0.6 is 0 Å². The highest BCUT2D eigenvalue weighted by molar-refractivity contribution is 6.14. The van der Waals surface area contributed by atoms with Crippen molar-refractivity contribution >= 4 is 33.5 Å². The second kappa shape index (κ2) is 12.9. The molecule has 0 heterocycles. The van der Waals surface area contributed by atoms with Crippen molar-refractivity contribution in [1.29, 1.82) is 0 Å². The summed E-state index contributed by atoms with van der Waals surface area (Å²) in [6, 6.07) is 29.0. The number of hydrogen-bond donors (Lipinski definition) is 0. The van der Waals surface area contributed by atoms with Gasteiger partial charge < -0.3 is 9.47 Å². The average molecular weight is 601 g/mol. The summed E-state index contributed by atoms with van der Waals surface area (Å²) >= 11 is 0. The lowest BCUT2D eigenvalue weighted by Gasteiger charge is -2.20. The first-order valence-corrected chi connectivity index (χ1v) is 16.0. The quantitative estimate of drug-likeness (QED) is 0.0769. The minimum atomic E-state index is -0.433. The molecule has 0 saturated heterocycles. The van der Waals surface area contributed by atoms with E-state index in [0.29, 0.717) is 33.4 Å². The molecule has 0 unspecified atom stereocenters. The van der Waals surface area contributed by atoms with Gasteiger partial charge in [-0.25, -0.2) is 9.59 Å². The van der Waals surface area contributed by atoms with Gasteiger partial charge in [0.25, 0.3) is 0 Å². The molecule has 45 heavy (non-hydrogen) atoms. The van der Waals surface area contributed by atoms with Crippen molar-refractivity contribution < 1.29 is 19.1 Å². The van der Waals surface area contributed by atoms with Crippen molar-refractivity contribution in [3.63, 3.8) is 0 Å². The Bertz CT molecular complexity index is 1830. The number of esters is 2. The standard InChI is InChI=1S/C41H44O4/c1-8-9-10-13-27-16-25-34-35(26-27)37(45-39(43)29-19-23-31(24-20-29)41(5,6)7)33-15-12-11-14-32(33)36(34)44-38(42)28-17-21-30(22-18-28)40(2,3)4/h11-12,14-26H,8-10,13H2,1-7H3. The molecule has 5 aromatic carbocycles. The molecule has 0 atom stereocenters. The molecule has 5 rings (SSSR count). The smallest absolute Gasteiger partial charge is 0.343 e. The van der Waals surface area contributed by atoms with Crippen LogP contribution in [0.2, 0.25) is 0 Å². The molecular formula is C41H44O4. The molecule has 0 amide bonds. The van der Waals surface area contributed by atoms with Crippen molar-refractivity contribution in [2.24, 2.45) is 0 Å². The van der Waals surface area contributed by atoms with Gasteiger partial charge in [0.2, 0.25) is 0 Å². The van der Waals surface area contributed by atoms with Crippen LogP contribution in [0, 0.1) is 0 Å². The molecule has 4 nitrogen and oxygen atoms in total. The van der Waals surface area contributed by atoms with Crippen LogP contribution in [0.1, 0.15) is 105 Å². The Labute approximate surface area is 267 Å².